The van der Waals surface area contributed by atoms with E-state index in [0.717, 1.165) is 36.0 Å². The third-order valence-electron chi connectivity index (χ3n) is 4.01. The van der Waals surface area contributed by atoms with Crippen LogP contribution in [0.2, 0.25) is 0 Å². The maximum absolute atomic E-state index is 11.7. The third kappa shape index (κ3) is 2.36. The second-order valence-electron chi connectivity index (χ2n) is 5.27. The molecule has 1 aliphatic carbocycles. The molecule has 1 aromatic rings. The molecule has 19 heavy (non-hydrogen) atoms. The molecule has 1 saturated carbocycles. The Bertz CT molecular complexity index is 666. The first-order chi connectivity index (χ1) is 8.80. The lowest BCUT2D eigenvalue weighted by atomic mass is 9.70. The van der Waals surface area contributed by atoms with Gasteiger partial charge >= 0.3 is 0 Å². The molecule has 5 heteroatoms. The van der Waals surface area contributed by atoms with Gasteiger partial charge in [-0.3, -0.25) is 0 Å². The average molecular weight is 279 g/mol. The molecule has 0 amide bonds. The number of benzene rings is 1. The molecule has 102 valence electrons. The summed E-state index contributed by atoms with van der Waals surface area (Å²) in [4.78, 5) is 14.9. The number of isocyanates is 1. The molecule has 0 radical (unpaired) electrons. The summed E-state index contributed by atoms with van der Waals surface area (Å²) in [6.07, 6.45) is 5.37. The molecule has 0 saturated heterocycles. The second kappa shape index (κ2) is 4.58. The van der Waals surface area contributed by atoms with Crippen LogP contribution in [0.3, 0.4) is 0 Å². The fraction of sp³-hybridized carbons (Fsp3) is 0.500. The van der Waals surface area contributed by atoms with E-state index in [9.17, 15) is 13.2 Å². The van der Waals surface area contributed by atoms with Crippen molar-refractivity contribution >= 4 is 15.9 Å². The van der Waals surface area contributed by atoms with Crippen molar-refractivity contribution < 1.29 is 13.2 Å². The van der Waals surface area contributed by atoms with E-state index < -0.39 is 15.4 Å². The number of hydrogen-bond acceptors (Lipinski definition) is 4. The summed E-state index contributed by atoms with van der Waals surface area (Å²) in [7, 11) is -3.26. The monoisotopic (exact) mass is 279 g/mol. The molecule has 0 bridgehead atoms. The Balaban J connectivity index is 2.69. The zero-order valence-electron chi connectivity index (χ0n) is 11.4. The van der Waals surface area contributed by atoms with Crippen molar-refractivity contribution in [1.29, 1.82) is 0 Å². The number of sulfone groups is 1. The minimum Gasteiger partial charge on any atom is -0.224 e. The zero-order chi connectivity index (χ0) is 14.3. The Hall–Kier alpha value is -1.45. The molecular weight excluding hydrogens is 262 g/mol. The van der Waals surface area contributed by atoms with Gasteiger partial charge in [-0.05, 0) is 61.9 Å². The Morgan fingerprint density at radius 1 is 1.26 bits per heavy atom. The molecular formula is C14H17NO3S. The van der Waals surface area contributed by atoms with Crippen molar-refractivity contribution in [2.45, 2.75) is 43.5 Å². The average Bonchev–Trinajstić information content (AvgIpc) is 2.26. The second-order valence-corrected chi connectivity index (χ2v) is 7.29. The van der Waals surface area contributed by atoms with Crippen LogP contribution in [0.15, 0.2) is 22.0 Å². The van der Waals surface area contributed by atoms with Crippen molar-refractivity contribution in [3.8, 4) is 0 Å². The van der Waals surface area contributed by atoms with E-state index in [1.165, 1.54) is 6.26 Å². The van der Waals surface area contributed by atoms with Gasteiger partial charge in [-0.1, -0.05) is 0 Å². The summed E-state index contributed by atoms with van der Waals surface area (Å²) in [5.74, 6) is 0. The standard InChI is InChI=1S/C14H17NO3S/c1-10-7-12(19(3,17)18)8-13(11(10)2)14(15-9-16)5-4-6-14/h7-8H,4-6H2,1-3H3. The molecule has 1 aliphatic rings. The summed E-state index contributed by atoms with van der Waals surface area (Å²) < 4.78 is 23.5. The van der Waals surface area contributed by atoms with E-state index in [2.05, 4.69) is 4.99 Å². The molecule has 0 aliphatic heterocycles. The van der Waals surface area contributed by atoms with Gasteiger partial charge in [0, 0.05) is 6.26 Å². The van der Waals surface area contributed by atoms with Crippen molar-refractivity contribution in [2.24, 2.45) is 4.99 Å². The molecule has 4 nitrogen and oxygen atoms in total. The smallest absolute Gasteiger partial charge is 0.224 e. The van der Waals surface area contributed by atoms with E-state index in [0.29, 0.717) is 0 Å². The molecule has 0 atom stereocenters. The molecule has 0 aromatic heterocycles. The topological polar surface area (TPSA) is 63.6 Å². The van der Waals surface area contributed by atoms with Gasteiger partial charge in [0.1, 0.15) is 0 Å². The first-order valence-electron chi connectivity index (χ1n) is 6.21. The lowest BCUT2D eigenvalue weighted by Gasteiger charge is -2.38. The largest absolute Gasteiger partial charge is 0.235 e. The summed E-state index contributed by atoms with van der Waals surface area (Å²) in [5.41, 5.74) is 2.20. The zero-order valence-corrected chi connectivity index (χ0v) is 12.2. The minimum absolute atomic E-state index is 0.290. The van der Waals surface area contributed by atoms with Gasteiger partial charge in [0.25, 0.3) is 0 Å². The van der Waals surface area contributed by atoms with Crippen LogP contribution >= 0.6 is 0 Å². The van der Waals surface area contributed by atoms with Crippen LogP contribution in [0, 0.1) is 13.8 Å². The molecule has 1 aromatic carbocycles. The van der Waals surface area contributed by atoms with Gasteiger partial charge in [-0.15, -0.1) is 0 Å². The van der Waals surface area contributed by atoms with Gasteiger partial charge in [-0.2, -0.15) is 4.99 Å². The molecule has 0 heterocycles. The van der Waals surface area contributed by atoms with Crippen LogP contribution in [0.4, 0.5) is 0 Å². The highest BCUT2D eigenvalue weighted by Gasteiger charge is 2.40. The fourth-order valence-electron chi connectivity index (χ4n) is 2.56. The molecule has 0 N–H and O–H groups in total. The van der Waals surface area contributed by atoms with Crippen LogP contribution in [-0.2, 0) is 20.2 Å². The van der Waals surface area contributed by atoms with E-state index in [4.69, 9.17) is 0 Å². The molecule has 1 fully saturated rings. The maximum atomic E-state index is 11.7. The van der Waals surface area contributed by atoms with Crippen LogP contribution in [-0.4, -0.2) is 20.8 Å². The normalized spacial score (nSPS) is 17.4. The van der Waals surface area contributed by atoms with Crippen LogP contribution in [0.1, 0.15) is 36.0 Å². The molecule has 0 spiro atoms. The molecule has 2 rings (SSSR count). The predicted molar refractivity (Wildman–Crippen MR) is 72.7 cm³/mol. The summed E-state index contributed by atoms with van der Waals surface area (Å²) in [6.45, 7) is 3.82. The summed E-state index contributed by atoms with van der Waals surface area (Å²) in [5, 5.41) is 0. The Morgan fingerprint density at radius 3 is 2.32 bits per heavy atom. The van der Waals surface area contributed by atoms with E-state index in [1.807, 2.05) is 13.8 Å². The number of nitrogens with zero attached hydrogens (tertiary/aromatic N) is 1. The van der Waals surface area contributed by atoms with Crippen molar-refractivity contribution in [3.63, 3.8) is 0 Å². The maximum Gasteiger partial charge on any atom is 0.235 e. The number of rotatable bonds is 3. The highest BCUT2D eigenvalue weighted by molar-refractivity contribution is 7.90. The van der Waals surface area contributed by atoms with Crippen molar-refractivity contribution in [3.05, 3.63) is 28.8 Å². The number of hydrogen-bond donors (Lipinski definition) is 0. The Labute approximate surface area is 113 Å². The van der Waals surface area contributed by atoms with Crippen LogP contribution in [0.25, 0.3) is 0 Å². The first kappa shape index (κ1) is 14.0. The van der Waals surface area contributed by atoms with E-state index >= 15 is 0 Å². The highest BCUT2D eigenvalue weighted by Crippen LogP contribution is 2.46. The van der Waals surface area contributed by atoms with Crippen LogP contribution < -0.4 is 0 Å². The van der Waals surface area contributed by atoms with Gasteiger partial charge in [-0.25, -0.2) is 13.2 Å². The Kier molecular flexibility index (Phi) is 3.37. The number of carbonyl (C=O) groups excluding carboxylic acids is 1. The van der Waals surface area contributed by atoms with Gasteiger partial charge < -0.3 is 0 Å². The lowest BCUT2D eigenvalue weighted by molar-refractivity contribution is 0.254. The Morgan fingerprint density at radius 2 is 1.89 bits per heavy atom. The minimum atomic E-state index is -3.26. The summed E-state index contributed by atoms with van der Waals surface area (Å²) >= 11 is 0. The van der Waals surface area contributed by atoms with Crippen molar-refractivity contribution in [2.75, 3.05) is 6.26 Å². The predicted octanol–water partition coefficient (Wildman–Crippen LogP) is 2.42. The summed E-state index contributed by atoms with van der Waals surface area (Å²) in [6, 6.07) is 3.34. The lowest BCUT2D eigenvalue weighted by Crippen LogP contribution is -2.33. The van der Waals surface area contributed by atoms with Gasteiger partial charge in [0.2, 0.25) is 6.08 Å². The first-order valence-corrected chi connectivity index (χ1v) is 8.10. The molecule has 0 unspecified atom stereocenters. The van der Waals surface area contributed by atoms with E-state index in [1.54, 1.807) is 18.2 Å². The van der Waals surface area contributed by atoms with Crippen LogP contribution in [0.5, 0.6) is 0 Å². The van der Waals surface area contributed by atoms with Crippen molar-refractivity contribution in [1.82, 2.24) is 0 Å². The quantitative estimate of drug-likeness (QED) is 0.630. The van der Waals surface area contributed by atoms with E-state index in [-0.39, 0.29) is 4.90 Å². The number of aryl methyl sites for hydroxylation is 1. The SMILES string of the molecule is Cc1cc(S(C)(=O)=O)cc(C2(N=C=O)CCC2)c1C. The fourth-order valence-corrected chi connectivity index (χ4v) is 3.29. The van der Waals surface area contributed by atoms with Gasteiger partial charge in [0.05, 0.1) is 10.4 Å². The highest BCUT2D eigenvalue weighted by atomic mass is 32.2. The third-order valence-corrected chi connectivity index (χ3v) is 5.10. The van der Waals surface area contributed by atoms with Gasteiger partial charge in [0.15, 0.2) is 9.84 Å². The number of aliphatic imine (C=N–C) groups is 1.